The number of hydrogen-bond acceptors (Lipinski definition) is 5. The fraction of sp³-hybridized carbons (Fsp3) is 0.143. The quantitative estimate of drug-likeness (QED) is 0.591. The normalized spacial score (nSPS) is 10.0. The largest absolute Gasteiger partial charge is 0.383 e. The summed E-state index contributed by atoms with van der Waals surface area (Å²) in [5.74, 6) is -0.643. The summed E-state index contributed by atoms with van der Waals surface area (Å²) in [6.45, 7) is 0. The average molecular weight is 214 g/mol. The van der Waals surface area contributed by atoms with E-state index in [0.717, 1.165) is 6.20 Å². The van der Waals surface area contributed by atoms with Crippen LogP contribution in [0.3, 0.4) is 0 Å². The lowest BCUT2D eigenvalue weighted by atomic mass is 10.1. The van der Waals surface area contributed by atoms with Crippen molar-refractivity contribution in [1.82, 2.24) is 4.98 Å². The number of alkyl halides is 2. The molecule has 0 unspecified atom stereocenters. The van der Waals surface area contributed by atoms with Crippen molar-refractivity contribution in [1.29, 1.82) is 5.26 Å². The van der Waals surface area contributed by atoms with Gasteiger partial charge in [-0.05, 0) is 0 Å². The Morgan fingerprint density at radius 2 is 2.27 bits per heavy atom. The van der Waals surface area contributed by atoms with E-state index in [1.807, 2.05) is 0 Å². The van der Waals surface area contributed by atoms with Crippen molar-refractivity contribution in [2.45, 2.75) is 6.43 Å². The van der Waals surface area contributed by atoms with Gasteiger partial charge in [0, 0.05) is 0 Å². The molecule has 0 aliphatic carbocycles. The molecule has 15 heavy (non-hydrogen) atoms. The smallest absolute Gasteiger partial charge is 0.301 e. The van der Waals surface area contributed by atoms with Gasteiger partial charge in [0.25, 0.3) is 6.43 Å². The molecule has 2 N–H and O–H groups in total. The van der Waals surface area contributed by atoms with E-state index in [1.165, 1.54) is 6.07 Å². The molecule has 0 aromatic carbocycles. The zero-order valence-corrected chi connectivity index (χ0v) is 7.15. The molecule has 0 bridgehead atoms. The number of pyridine rings is 1. The first-order valence-corrected chi connectivity index (χ1v) is 3.60. The molecular weight excluding hydrogens is 210 g/mol. The minimum Gasteiger partial charge on any atom is -0.383 e. The molecule has 0 fully saturated rings. The number of nitrogen functional groups attached to an aromatic ring is 1. The second-order valence-electron chi connectivity index (χ2n) is 2.49. The number of anilines is 1. The van der Waals surface area contributed by atoms with E-state index in [9.17, 15) is 18.9 Å². The van der Waals surface area contributed by atoms with Crippen molar-refractivity contribution in [2.75, 3.05) is 5.73 Å². The number of nitrogens with zero attached hydrogens (tertiary/aromatic N) is 3. The molecule has 78 valence electrons. The third-order valence-corrected chi connectivity index (χ3v) is 1.64. The molecule has 1 aromatic heterocycles. The molecular formula is C7H4F2N4O2. The van der Waals surface area contributed by atoms with Crippen LogP contribution in [0.4, 0.5) is 20.3 Å². The molecule has 0 amide bonds. The SMILES string of the molecule is N#Cc1cnc(N)c(C(F)F)c1[N+](=O)[O-]. The maximum absolute atomic E-state index is 12.4. The fourth-order valence-electron chi connectivity index (χ4n) is 1.02. The fourth-order valence-corrected chi connectivity index (χ4v) is 1.02. The minimum absolute atomic E-state index is 0.537. The second kappa shape index (κ2) is 3.83. The Morgan fingerprint density at radius 1 is 1.67 bits per heavy atom. The third-order valence-electron chi connectivity index (χ3n) is 1.64. The van der Waals surface area contributed by atoms with E-state index >= 15 is 0 Å². The molecule has 0 saturated heterocycles. The summed E-state index contributed by atoms with van der Waals surface area (Å²) in [6, 6.07) is 1.41. The molecule has 0 aliphatic heterocycles. The Balaban J connectivity index is 3.60. The highest BCUT2D eigenvalue weighted by molar-refractivity contribution is 5.61. The molecule has 0 aliphatic rings. The van der Waals surface area contributed by atoms with Crippen molar-refractivity contribution in [3.05, 3.63) is 27.4 Å². The monoisotopic (exact) mass is 214 g/mol. The number of aromatic nitrogens is 1. The van der Waals surface area contributed by atoms with Gasteiger partial charge in [0.15, 0.2) is 0 Å². The lowest BCUT2D eigenvalue weighted by molar-refractivity contribution is -0.386. The summed E-state index contributed by atoms with van der Waals surface area (Å²) < 4.78 is 24.9. The van der Waals surface area contributed by atoms with Gasteiger partial charge in [0.2, 0.25) is 0 Å². The van der Waals surface area contributed by atoms with Gasteiger partial charge in [-0.2, -0.15) is 5.26 Å². The molecule has 0 spiro atoms. The number of nitriles is 1. The van der Waals surface area contributed by atoms with Crippen molar-refractivity contribution in [2.24, 2.45) is 0 Å². The first kappa shape index (κ1) is 10.8. The molecule has 1 aromatic rings. The Hall–Kier alpha value is -2.30. The van der Waals surface area contributed by atoms with E-state index in [-0.39, 0.29) is 0 Å². The maximum Gasteiger partial charge on any atom is 0.301 e. The van der Waals surface area contributed by atoms with E-state index in [2.05, 4.69) is 4.98 Å². The van der Waals surface area contributed by atoms with Crippen molar-refractivity contribution in [3.8, 4) is 6.07 Å². The summed E-state index contributed by atoms with van der Waals surface area (Å²) in [5.41, 5.74) is 2.54. The zero-order chi connectivity index (χ0) is 11.6. The van der Waals surface area contributed by atoms with Crippen molar-refractivity contribution >= 4 is 11.5 Å². The first-order chi connectivity index (χ1) is 6.99. The van der Waals surface area contributed by atoms with Crippen LogP contribution in [0.5, 0.6) is 0 Å². The molecule has 1 rings (SSSR count). The predicted octanol–water partition coefficient (Wildman–Crippen LogP) is 1.38. The number of hydrogen-bond donors (Lipinski definition) is 1. The maximum atomic E-state index is 12.4. The van der Waals surface area contributed by atoms with Gasteiger partial charge in [0.05, 0.1) is 11.1 Å². The van der Waals surface area contributed by atoms with Crippen LogP contribution in [0.2, 0.25) is 0 Å². The molecule has 1 heterocycles. The summed E-state index contributed by atoms with van der Waals surface area (Å²) in [7, 11) is 0. The number of halogens is 2. The summed E-state index contributed by atoms with van der Waals surface area (Å²) in [6.07, 6.45) is -2.36. The van der Waals surface area contributed by atoms with Crippen LogP contribution in [-0.2, 0) is 0 Å². The molecule has 0 radical (unpaired) electrons. The van der Waals surface area contributed by atoms with Crippen LogP contribution in [0.25, 0.3) is 0 Å². The minimum atomic E-state index is -3.15. The first-order valence-electron chi connectivity index (χ1n) is 3.60. The van der Waals surface area contributed by atoms with Gasteiger partial charge < -0.3 is 5.73 Å². The second-order valence-corrected chi connectivity index (χ2v) is 2.49. The van der Waals surface area contributed by atoms with Gasteiger partial charge >= 0.3 is 5.69 Å². The third kappa shape index (κ3) is 1.80. The van der Waals surface area contributed by atoms with E-state index < -0.39 is 34.0 Å². The lowest BCUT2D eigenvalue weighted by Gasteiger charge is -2.04. The standard InChI is InChI=1S/C7H4F2N4O2/c8-6(9)4-5(13(14)15)3(1-10)2-12-7(4)11/h2,6H,(H2,11,12). The molecule has 8 heteroatoms. The molecule has 6 nitrogen and oxygen atoms in total. The highest BCUT2D eigenvalue weighted by atomic mass is 19.3. The van der Waals surface area contributed by atoms with E-state index in [1.54, 1.807) is 0 Å². The predicted molar refractivity (Wildman–Crippen MR) is 45.0 cm³/mol. The van der Waals surface area contributed by atoms with Crippen LogP contribution in [0.15, 0.2) is 6.20 Å². The van der Waals surface area contributed by atoms with Crippen LogP contribution in [0.1, 0.15) is 17.6 Å². The van der Waals surface area contributed by atoms with Gasteiger partial charge in [-0.25, -0.2) is 13.8 Å². The van der Waals surface area contributed by atoms with Crippen molar-refractivity contribution in [3.63, 3.8) is 0 Å². The van der Waals surface area contributed by atoms with Crippen LogP contribution >= 0.6 is 0 Å². The molecule has 0 saturated carbocycles. The summed E-state index contributed by atoms with van der Waals surface area (Å²) in [4.78, 5) is 12.7. The van der Waals surface area contributed by atoms with Gasteiger partial charge in [-0.1, -0.05) is 0 Å². The van der Waals surface area contributed by atoms with Gasteiger partial charge in [-0.15, -0.1) is 0 Å². The topological polar surface area (TPSA) is 106 Å². The highest BCUT2D eigenvalue weighted by Gasteiger charge is 2.29. The zero-order valence-electron chi connectivity index (χ0n) is 7.15. The highest BCUT2D eigenvalue weighted by Crippen LogP contribution is 2.34. The van der Waals surface area contributed by atoms with Crippen LogP contribution in [0, 0.1) is 21.4 Å². The van der Waals surface area contributed by atoms with Crippen LogP contribution < -0.4 is 5.73 Å². The summed E-state index contributed by atoms with van der Waals surface area (Å²) in [5, 5.41) is 19.0. The van der Waals surface area contributed by atoms with Gasteiger partial charge in [0.1, 0.15) is 23.0 Å². The van der Waals surface area contributed by atoms with Crippen molar-refractivity contribution < 1.29 is 13.7 Å². The number of nitrogens with two attached hydrogens (primary N) is 1. The summed E-state index contributed by atoms with van der Waals surface area (Å²) >= 11 is 0. The Labute approximate surface area is 82.1 Å². The van der Waals surface area contributed by atoms with Crippen LogP contribution in [-0.4, -0.2) is 9.91 Å². The number of rotatable bonds is 2. The van der Waals surface area contributed by atoms with E-state index in [0.29, 0.717) is 0 Å². The lowest BCUT2D eigenvalue weighted by Crippen LogP contribution is -2.05. The van der Waals surface area contributed by atoms with E-state index in [4.69, 9.17) is 11.0 Å². The average Bonchev–Trinajstić information content (AvgIpc) is 2.16. The molecule has 0 atom stereocenters. The Bertz CT molecular complexity index is 455. The Kier molecular flexibility index (Phi) is 2.75. The Morgan fingerprint density at radius 3 is 2.67 bits per heavy atom. The number of nitro groups is 1. The van der Waals surface area contributed by atoms with Gasteiger partial charge in [-0.3, -0.25) is 10.1 Å².